The van der Waals surface area contributed by atoms with Crippen LogP contribution in [0.1, 0.15) is 13.3 Å². The second-order valence-electron chi connectivity index (χ2n) is 4.23. The van der Waals surface area contributed by atoms with Crippen LogP contribution in [-0.4, -0.2) is 29.4 Å². The van der Waals surface area contributed by atoms with E-state index in [0.29, 0.717) is 6.42 Å². The van der Waals surface area contributed by atoms with Crippen molar-refractivity contribution in [2.45, 2.75) is 13.3 Å². The highest BCUT2D eigenvalue weighted by atomic mass is 16.5. The molecule has 0 fully saturated rings. The first kappa shape index (κ1) is 14.7. The summed E-state index contributed by atoms with van der Waals surface area (Å²) in [4.78, 5) is 22.4. The van der Waals surface area contributed by atoms with Crippen LogP contribution in [0.25, 0.3) is 11.0 Å². The Labute approximate surface area is 119 Å². The summed E-state index contributed by atoms with van der Waals surface area (Å²) in [7, 11) is 0. The van der Waals surface area contributed by atoms with E-state index >= 15 is 0 Å². The van der Waals surface area contributed by atoms with Crippen LogP contribution in [0.4, 0.5) is 0 Å². The Balaban J connectivity index is 2.52. The van der Waals surface area contributed by atoms with Gasteiger partial charge in [-0.25, -0.2) is 9.59 Å². The van der Waals surface area contributed by atoms with Crippen molar-refractivity contribution in [2.24, 2.45) is 0 Å². The van der Waals surface area contributed by atoms with Crippen molar-refractivity contribution in [2.75, 3.05) is 13.2 Å². The van der Waals surface area contributed by atoms with Gasteiger partial charge < -0.3 is 24.1 Å². The van der Waals surface area contributed by atoms with Crippen LogP contribution in [0.15, 0.2) is 27.4 Å². The lowest BCUT2D eigenvalue weighted by Crippen LogP contribution is -2.11. The van der Waals surface area contributed by atoms with Gasteiger partial charge in [0.1, 0.15) is 0 Å². The predicted molar refractivity (Wildman–Crippen MR) is 73.1 cm³/mol. The van der Waals surface area contributed by atoms with E-state index in [1.807, 2.05) is 6.92 Å². The minimum Gasteiger partial charge on any atom is -0.504 e. The van der Waals surface area contributed by atoms with Gasteiger partial charge in [0.05, 0.1) is 12.0 Å². The Kier molecular flexibility index (Phi) is 4.32. The molecule has 2 rings (SSSR count). The molecule has 0 aliphatic carbocycles. The molecule has 0 saturated heterocycles. The number of carboxylic acids is 1. The standard InChI is InChI=1S/C14H14O7/c1-2-6-19-13-11(17)8-4-3-5-9(20-7-10(15)16)12(8)21-14(13)18/h3-5,17H,2,6-7H2,1H3,(H,15,16). The molecule has 7 nitrogen and oxygen atoms in total. The first-order chi connectivity index (χ1) is 10.0. The number of ether oxygens (including phenoxy) is 2. The summed E-state index contributed by atoms with van der Waals surface area (Å²) >= 11 is 0. The van der Waals surface area contributed by atoms with E-state index in [2.05, 4.69) is 0 Å². The van der Waals surface area contributed by atoms with Gasteiger partial charge in [0.2, 0.25) is 5.75 Å². The van der Waals surface area contributed by atoms with E-state index < -0.39 is 18.2 Å². The lowest BCUT2D eigenvalue weighted by atomic mass is 10.2. The molecular formula is C14H14O7. The highest BCUT2D eigenvalue weighted by molar-refractivity contribution is 5.89. The SMILES string of the molecule is CCCOc1c(O)c2cccc(OCC(=O)O)c2oc1=O. The van der Waals surface area contributed by atoms with Crippen molar-refractivity contribution < 1.29 is 28.9 Å². The fourth-order valence-electron chi connectivity index (χ4n) is 1.75. The lowest BCUT2D eigenvalue weighted by Gasteiger charge is -2.10. The molecule has 1 heterocycles. The number of rotatable bonds is 6. The molecule has 21 heavy (non-hydrogen) atoms. The van der Waals surface area contributed by atoms with Gasteiger partial charge >= 0.3 is 11.6 Å². The fourth-order valence-corrected chi connectivity index (χ4v) is 1.75. The minimum atomic E-state index is -1.17. The van der Waals surface area contributed by atoms with E-state index in [4.69, 9.17) is 19.0 Å². The highest BCUT2D eigenvalue weighted by Crippen LogP contribution is 2.35. The first-order valence-electron chi connectivity index (χ1n) is 6.30. The Bertz CT molecular complexity index is 717. The largest absolute Gasteiger partial charge is 0.504 e. The summed E-state index contributed by atoms with van der Waals surface area (Å²) < 4.78 is 15.3. The van der Waals surface area contributed by atoms with Crippen LogP contribution in [0.5, 0.6) is 17.2 Å². The van der Waals surface area contributed by atoms with Crippen LogP contribution < -0.4 is 15.1 Å². The summed E-state index contributed by atoms with van der Waals surface area (Å²) in [5, 5.41) is 18.9. The molecule has 0 aliphatic rings. The number of fused-ring (bicyclic) bond motifs is 1. The van der Waals surface area contributed by atoms with Gasteiger partial charge in [-0.1, -0.05) is 13.0 Å². The smallest absolute Gasteiger partial charge is 0.383 e. The Morgan fingerprint density at radius 2 is 2.10 bits per heavy atom. The number of para-hydroxylation sites is 1. The van der Waals surface area contributed by atoms with Crippen molar-refractivity contribution in [3.05, 3.63) is 28.6 Å². The van der Waals surface area contributed by atoms with E-state index in [1.54, 1.807) is 6.07 Å². The zero-order chi connectivity index (χ0) is 15.4. The summed E-state index contributed by atoms with van der Waals surface area (Å²) in [6.45, 7) is 1.54. The molecule has 1 aromatic heterocycles. The summed E-state index contributed by atoms with van der Waals surface area (Å²) in [5.74, 6) is -1.72. The molecule has 112 valence electrons. The number of hydrogen-bond acceptors (Lipinski definition) is 6. The lowest BCUT2D eigenvalue weighted by molar-refractivity contribution is -0.139. The van der Waals surface area contributed by atoms with Crippen molar-refractivity contribution in [3.63, 3.8) is 0 Å². The molecule has 0 spiro atoms. The highest BCUT2D eigenvalue weighted by Gasteiger charge is 2.18. The zero-order valence-corrected chi connectivity index (χ0v) is 11.3. The Morgan fingerprint density at radius 3 is 2.76 bits per heavy atom. The average molecular weight is 294 g/mol. The monoisotopic (exact) mass is 294 g/mol. The molecule has 2 N–H and O–H groups in total. The summed E-state index contributed by atoms with van der Waals surface area (Å²) in [6.07, 6.45) is 0.665. The maximum Gasteiger partial charge on any atom is 0.383 e. The van der Waals surface area contributed by atoms with Gasteiger partial charge in [-0.05, 0) is 18.6 Å². The molecule has 0 atom stereocenters. The third-order valence-corrected chi connectivity index (χ3v) is 2.63. The van der Waals surface area contributed by atoms with Crippen LogP contribution >= 0.6 is 0 Å². The van der Waals surface area contributed by atoms with Gasteiger partial charge in [0.15, 0.2) is 23.7 Å². The van der Waals surface area contributed by atoms with Gasteiger partial charge in [-0.2, -0.15) is 0 Å². The number of aliphatic carboxylic acids is 1. The third-order valence-electron chi connectivity index (χ3n) is 2.63. The number of hydrogen-bond donors (Lipinski definition) is 2. The van der Waals surface area contributed by atoms with Crippen LogP contribution in [0.2, 0.25) is 0 Å². The van der Waals surface area contributed by atoms with E-state index in [9.17, 15) is 14.7 Å². The fraction of sp³-hybridized carbons (Fsp3) is 0.286. The topological polar surface area (TPSA) is 106 Å². The molecule has 2 aromatic rings. The minimum absolute atomic E-state index is 0.0231. The van der Waals surface area contributed by atoms with E-state index in [-0.39, 0.29) is 34.8 Å². The van der Waals surface area contributed by atoms with E-state index in [1.165, 1.54) is 12.1 Å². The average Bonchev–Trinajstić information content (AvgIpc) is 2.45. The second-order valence-corrected chi connectivity index (χ2v) is 4.23. The number of carboxylic acid groups (broad SMARTS) is 1. The van der Waals surface area contributed by atoms with Crippen molar-refractivity contribution in [3.8, 4) is 17.2 Å². The molecule has 0 aliphatic heterocycles. The van der Waals surface area contributed by atoms with Crippen molar-refractivity contribution in [1.29, 1.82) is 0 Å². The van der Waals surface area contributed by atoms with Crippen molar-refractivity contribution >= 4 is 16.9 Å². The van der Waals surface area contributed by atoms with Gasteiger partial charge in [0.25, 0.3) is 0 Å². The number of benzene rings is 1. The summed E-state index contributed by atoms with van der Waals surface area (Å²) in [6, 6.07) is 4.50. The van der Waals surface area contributed by atoms with Crippen molar-refractivity contribution in [1.82, 2.24) is 0 Å². The molecule has 0 bridgehead atoms. The first-order valence-corrected chi connectivity index (χ1v) is 6.30. The van der Waals surface area contributed by atoms with Gasteiger partial charge in [0, 0.05) is 0 Å². The third kappa shape index (κ3) is 3.07. The maximum atomic E-state index is 11.8. The number of aromatic hydroxyl groups is 1. The second kappa shape index (κ2) is 6.17. The van der Waals surface area contributed by atoms with Gasteiger partial charge in [-0.3, -0.25) is 0 Å². The van der Waals surface area contributed by atoms with E-state index in [0.717, 1.165) is 0 Å². The molecule has 1 aromatic carbocycles. The van der Waals surface area contributed by atoms with Crippen LogP contribution in [0, 0.1) is 0 Å². The molecular weight excluding hydrogens is 280 g/mol. The van der Waals surface area contributed by atoms with Gasteiger partial charge in [-0.15, -0.1) is 0 Å². The summed E-state index contributed by atoms with van der Waals surface area (Å²) in [5.41, 5.74) is -0.870. The molecule has 0 saturated carbocycles. The van der Waals surface area contributed by atoms with Crippen LogP contribution in [-0.2, 0) is 4.79 Å². The Hall–Kier alpha value is -2.70. The zero-order valence-electron chi connectivity index (χ0n) is 11.3. The molecule has 0 unspecified atom stereocenters. The molecule has 7 heteroatoms. The quantitative estimate of drug-likeness (QED) is 0.781. The predicted octanol–water partition coefficient (Wildman–Crippen LogP) is 1.75. The maximum absolute atomic E-state index is 11.8. The normalized spacial score (nSPS) is 10.5. The number of carbonyl (C=O) groups is 1. The Morgan fingerprint density at radius 1 is 1.33 bits per heavy atom. The molecule has 0 amide bonds. The molecule has 0 radical (unpaired) electrons. The van der Waals surface area contributed by atoms with Crippen LogP contribution in [0.3, 0.4) is 0 Å².